The molecule has 1 fully saturated rings. The zero-order valence-electron chi connectivity index (χ0n) is 11.4. The summed E-state index contributed by atoms with van der Waals surface area (Å²) in [7, 11) is 1.67. The third kappa shape index (κ3) is 3.64. The average Bonchev–Trinajstić information content (AvgIpc) is 2.44. The van der Waals surface area contributed by atoms with E-state index < -0.39 is 0 Å². The van der Waals surface area contributed by atoms with Crippen LogP contribution in [0.25, 0.3) is 0 Å². The molecule has 0 spiro atoms. The Morgan fingerprint density at radius 3 is 2.95 bits per heavy atom. The van der Waals surface area contributed by atoms with Gasteiger partial charge in [-0.15, -0.1) is 0 Å². The van der Waals surface area contributed by atoms with Crippen molar-refractivity contribution in [3.05, 3.63) is 16.0 Å². The molecule has 1 aliphatic heterocycles. The van der Waals surface area contributed by atoms with Crippen molar-refractivity contribution in [2.75, 3.05) is 32.2 Å². The van der Waals surface area contributed by atoms with Gasteiger partial charge >= 0.3 is 0 Å². The Morgan fingerprint density at radius 2 is 2.32 bits per heavy atom. The molecule has 0 amide bonds. The maximum atomic E-state index is 5.52. The van der Waals surface area contributed by atoms with Gasteiger partial charge in [-0.05, 0) is 35.7 Å². The fraction of sp³-hybridized carbons (Fsp3) is 0.692. The number of hydrogen-bond acceptors (Lipinski definition) is 5. The predicted octanol–water partition coefficient (Wildman–Crippen LogP) is 2.71. The van der Waals surface area contributed by atoms with Crippen LogP contribution in [0.15, 0.2) is 4.47 Å². The van der Waals surface area contributed by atoms with Crippen LogP contribution in [-0.2, 0) is 16.1 Å². The number of halogens is 1. The van der Waals surface area contributed by atoms with E-state index in [-0.39, 0.29) is 5.92 Å². The summed E-state index contributed by atoms with van der Waals surface area (Å²) in [6.45, 7) is 4.90. The van der Waals surface area contributed by atoms with Crippen LogP contribution in [0.4, 0.5) is 5.82 Å². The molecule has 1 N–H and O–H groups in total. The van der Waals surface area contributed by atoms with Crippen LogP contribution < -0.4 is 5.32 Å². The predicted molar refractivity (Wildman–Crippen MR) is 77.4 cm³/mol. The minimum atomic E-state index is 0.287. The summed E-state index contributed by atoms with van der Waals surface area (Å²) in [4.78, 5) is 9.25. The van der Waals surface area contributed by atoms with Crippen molar-refractivity contribution >= 4 is 21.7 Å². The van der Waals surface area contributed by atoms with Crippen LogP contribution in [0.5, 0.6) is 0 Å². The topological polar surface area (TPSA) is 56.3 Å². The van der Waals surface area contributed by atoms with E-state index in [4.69, 9.17) is 9.47 Å². The molecule has 106 valence electrons. The van der Waals surface area contributed by atoms with E-state index in [0.29, 0.717) is 13.2 Å². The van der Waals surface area contributed by atoms with Crippen molar-refractivity contribution in [3.63, 3.8) is 0 Å². The van der Waals surface area contributed by atoms with Crippen LogP contribution >= 0.6 is 15.9 Å². The number of rotatable bonds is 5. The Bertz CT molecular complexity index is 395. The minimum absolute atomic E-state index is 0.287. The van der Waals surface area contributed by atoms with E-state index in [1.54, 1.807) is 7.11 Å². The van der Waals surface area contributed by atoms with Crippen molar-refractivity contribution in [2.24, 2.45) is 0 Å². The van der Waals surface area contributed by atoms with Crippen LogP contribution in [0.3, 0.4) is 0 Å². The molecule has 5 nitrogen and oxygen atoms in total. The van der Waals surface area contributed by atoms with Crippen LogP contribution in [0.2, 0.25) is 0 Å². The maximum absolute atomic E-state index is 5.52. The smallest absolute Gasteiger partial charge is 0.144 e. The zero-order chi connectivity index (χ0) is 13.7. The molecule has 2 rings (SSSR count). The van der Waals surface area contributed by atoms with Crippen LogP contribution in [-0.4, -0.2) is 36.8 Å². The van der Waals surface area contributed by atoms with Gasteiger partial charge in [-0.25, -0.2) is 9.97 Å². The van der Waals surface area contributed by atoms with Gasteiger partial charge in [-0.3, -0.25) is 0 Å². The second-order valence-electron chi connectivity index (χ2n) is 4.57. The monoisotopic (exact) mass is 329 g/mol. The molecule has 1 atom stereocenters. The third-order valence-corrected chi connectivity index (χ3v) is 3.92. The molecule has 0 aliphatic carbocycles. The Balaban J connectivity index is 2.30. The maximum Gasteiger partial charge on any atom is 0.144 e. The number of methoxy groups -OCH3 is 1. The normalized spacial score (nSPS) is 19.4. The van der Waals surface area contributed by atoms with Gasteiger partial charge in [0.1, 0.15) is 11.6 Å². The number of aromatic nitrogens is 2. The van der Waals surface area contributed by atoms with Crippen molar-refractivity contribution in [1.29, 1.82) is 0 Å². The minimum Gasteiger partial charge on any atom is -0.381 e. The molecule has 0 saturated carbocycles. The van der Waals surface area contributed by atoms with Crippen molar-refractivity contribution < 1.29 is 9.47 Å². The molecular weight excluding hydrogens is 310 g/mol. The lowest BCUT2D eigenvalue weighted by Crippen LogP contribution is -2.19. The molecule has 2 heterocycles. The SMILES string of the molecule is CCNc1nc(C2CCCOC2)nc(COC)c1Br. The first-order valence-electron chi connectivity index (χ1n) is 6.63. The van der Waals surface area contributed by atoms with Gasteiger partial charge in [-0.2, -0.15) is 0 Å². The first-order chi connectivity index (χ1) is 9.26. The van der Waals surface area contributed by atoms with Gasteiger partial charge in [0.2, 0.25) is 0 Å². The molecule has 1 saturated heterocycles. The van der Waals surface area contributed by atoms with E-state index in [9.17, 15) is 0 Å². The summed E-state index contributed by atoms with van der Waals surface area (Å²) in [6.07, 6.45) is 2.15. The molecule has 1 aromatic heterocycles. The highest BCUT2D eigenvalue weighted by Gasteiger charge is 2.21. The number of hydrogen-bond donors (Lipinski definition) is 1. The van der Waals surface area contributed by atoms with Crippen molar-refractivity contribution in [1.82, 2.24) is 9.97 Å². The second-order valence-corrected chi connectivity index (χ2v) is 5.36. The molecule has 0 bridgehead atoms. The standard InChI is InChI=1S/C13H20BrN3O2/c1-3-15-13-11(14)10(8-18-2)16-12(17-13)9-5-4-6-19-7-9/h9H,3-8H2,1-2H3,(H,15,16,17). The molecule has 0 radical (unpaired) electrons. The van der Waals surface area contributed by atoms with E-state index >= 15 is 0 Å². The number of ether oxygens (including phenoxy) is 2. The lowest BCUT2D eigenvalue weighted by molar-refractivity contribution is 0.0778. The Kier molecular flexibility index (Phi) is 5.54. The molecular formula is C13H20BrN3O2. The van der Waals surface area contributed by atoms with Gasteiger partial charge in [0.05, 0.1) is 23.4 Å². The largest absolute Gasteiger partial charge is 0.381 e. The first-order valence-corrected chi connectivity index (χ1v) is 7.42. The summed E-state index contributed by atoms with van der Waals surface area (Å²) in [5, 5.41) is 3.26. The van der Waals surface area contributed by atoms with E-state index in [0.717, 1.165) is 47.8 Å². The number of nitrogens with one attached hydrogen (secondary N) is 1. The molecule has 1 aromatic rings. The van der Waals surface area contributed by atoms with E-state index in [2.05, 4.69) is 31.2 Å². The molecule has 1 aliphatic rings. The van der Waals surface area contributed by atoms with E-state index in [1.807, 2.05) is 6.92 Å². The molecule has 1 unspecified atom stereocenters. The summed E-state index contributed by atoms with van der Waals surface area (Å²) in [5.74, 6) is 1.98. The second kappa shape index (κ2) is 7.17. The van der Waals surface area contributed by atoms with Crippen LogP contribution in [0.1, 0.15) is 37.2 Å². The Labute approximate surface area is 122 Å². The summed E-state index contributed by atoms with van der Waals surface area (Å²) < 4.78 is 11.6. The Hall–Kier alpha value is -0.720. The fourth-order valence-electron chi connectivity index (χ4n) is 2.16. The lowest BCUT2D eigenvalue weighted by Gasteiger charge is -2.22. The highest BCUT2D eigenvalue weighted by atomic mass is 79.9. The van der Waals surface area contributed by atoms with E-state index in [1.165, 1.54) is 0 Å². The lowest BCUT2D eigenvalue weighted by atomic mass is 10.0. The summed E-state index contributed by atoms with van der Waals surface area (Å²) in [6, 6.07) is 0. The fourth-order valence-corrected chi connectivity index (χ4v) is 2.59. The number of anilines is 1. The highest BCUT2D eigenvalue weighted by Crippen LogP contribution is 2.29. The van der Waals surface area contributed by atoms with Gasteiger partial charge in [0.25, 0.3) is 0 Å². The van der Waals surface area contributed by atoms with Gasteiger partial charge in [0.15, 0.2) is 0 Å². The first kappa shape index (κ1) is 14.7. The Morgan fingerprint density at radius 1 is 1.47 bits per heavy atom. The zero-order valence-corrected chi connectivity index (χ0v) is 13.0. The van der Waals surface area contributed by atoms with Gasteiger partial charge in [0, 0.05) is 26.2 Å². The van der Waals surface area contributed by atoms with Crippen molar-refractivity contribution in [3.8, 4) is 0 Å². The number of nitrogens with zero attached hydrogens (tertiary/aromatic N) is 2. The van der Waals surface area contributed by atoms with Gasteiger partial charge in [-0.1, -0.05) is 0 Å². The summed E-state index contributed by atoms with van der Waals surface area (Å²) in [5.41, 5.74) is 0.883. The van der Waals surface area contributed by atoms with Crippen LogP contribution in [0, 0.1) is 0 Å². The highest BCUT2D eigenvalue weighted by molar-refractivity contribution is 9.10. The van der Waals surface area contributed by atoms with Gasteiger partial charge < -0.3 is 14.8 Å². The summed E-state index contributed by atoms with van der Waals surface area (Å²) >= 11 is 3.54. The quantitative estimate of drug-likeness (QED) is 0.900. The average molecular weight is 330 g/mol. The third-order valence-electron chi connectivity index (χ3n) is 3.09. The molecule has 19 heavy (non-hydrogen) atoms. The van der Waals surface area contributed by atoms with Crippen molar-refractivity contribution in [2.45, 2.75) is 32.3 Å². The molecule has 6 heteroatoms. The molecule has 0 aromatic carbocycles.